The fraction of sp³-hybridized carbons (Fsp3) is 0.105. The smallest absolute Gasteiger partial charge is 0.270 e. The number of thiocarbonyl (C=S) groups is 1. The van der Waals surface area contributed by atoms with Crippen LogP contribution in [0.15, 0.2) is 48.0 Å². The number of hydrogen-bond donors (Lipinski definition) is 1. The van der Waals surface area contributed by atoms with Crippen molar-refractivity contribution in [2.24, 2.45) is 0 Å². The fourth-order valence-electron chi connectivity index (χ4n) is 2.48. The van der Waals surface area contributed by atoms with Gasteiger partial charge in [-0.15, -0.1) is 0 Å². The highest BCUT2D eigenvalue weighted by molar-refractivity contribution is 7.80. The maximum atomic E-state index is 12.9. The molecule has 3 rings (SSSR count). The summed E-state index contributed by atoms with van der Waals surface area (Å²) in [5.74, 6) is -0.358. The minimum atomic E-state index is -0.537. The molecule has 2 aromatic carbocycles. The van der Waals surface area contributed by atoms with Crippen molar-refractivity contribution >= 4 is 52.5 Å². The molecule has 1 saturated heterocycles. The lowest BCUT2D eigenvalue weighted by molar-refractivity contribution is -0.122. The zero-order chi connectivity index (χ0) is 18.8. The average molecular weight is 387 g/mol. The Labute approximate surface area is 161 Å². The van der Waals surface area contributed by atoms with Crippen molar-refractivity contribution in [1.82, 2.24) is 5.32 Å². The fourth-order valence-corrected chi connectivity index (χ4v) is 2.94. The van der Waals surface area contributed by atoms with E-state index in [9.17, 15) is 9.59 Å². The van der Waals surface area contributed by atoms with Crippen LogP contribution in [-0.2, 0) is 9.59 Å². The predicted octanol–water partition coefficient (Wildman–Crippen LogP) is 3.49. The largest absolute Gasteiger partial charge is 0.497 e. The third kappa shape index (κ3) is 3.47. The summed E-state index contributed by atoms with van der Waals surface area (Å²) in [6.45, 7) is 1.86. The molecule has 5 nitrogen and oxygen atoms in total. The van der Waals surface area contributed by atoms with Crippen molar-refractivity contribution < 1.29 is 14.3 Å². The lowest BCUT2D eigenvalue weighted by atomic mass is 10.1. The van der Waals surface area contributed by atoms with Gasteiger partial charge in [0, 0.05) is 5.02 Å². The number of rotatable bonds is 3. The van der Waals surface area contributed by atoms with Crippen molar-refractivity contribution in [3.8, 4) is 5.75 Å². The summed E-state index contributed by atoms with van der Waals surface area (Å²) in [5, 5.41) is 3.08. The highest BCUT2D eigenvalue weighted by Crippen LogP contribution is 2.27. The van der Waals surface area contributed by atoms with Gasteiger partial charge in [0.1, 0.15) is 11.3 Å². The summed E-state index contributed by atoms with van der Waals surface area (Å²) in [6.07, 6.45) is 1.52. The van der Waals surface area contributed by atoms with Gasteiger partial charge in [-0.25, -0.2) is 0 Å². The lowest BCUT2D eigenvalue weighted by Crippen LogP contribution is -2.54. The number of carbonyl (C=O) groups is 2. The zero-order valence-electron chi connectivity index (χ0n) is 14.1. The van der Waals surface area contributed by atoms with E-state index < -0.39 is 11.8 Å². The van der Waals surface area contributed by atoms with Crippen LogP contribution in [-0.4, -0.2) is 24.0 Å². The van der Waals surface area contributed by atoms with Gasteiger partial charge in [0.05, 0.1) is 12.8 Å². The van der Waals surface area contributed by atoms with Gasteiger partial charge in [-0.3, -0.25) is 19.8 Å². The van der Waals surface area contributed by atoms with Crippen LogP contribution < -0.4 is 15.0 Å². The lowest BCUT2D eigenvalue weighted by Gasteiger charge is -2.29. The maximum absolute atomic E-state index is 12.9. The summed E-state index contributed by atoms with van der Waals surface area (Å²) >= 11 is 11.3. The van der Waals surface area contributed by atoms with Gasteiger partial charge in [0.25, 0.3) is 11.8 Å². The number of hydrogen-bond acceptors (Lipinski definition) is 4. The molecule has 26 heavy (non-hydrogen) atoms. The SMILES string of the molecule is COc1ccc(C=C2C(=O)NC(=S)N(c3ccc(C)c(Cl)c3)C2=O)cc1. The molecule has 0 aromatic heterocycles. The predicted molar refractivity (Wildman–Crippen MR) is 105 cm³/mol. The minimum Gasteiger partial charge on any atom is -0.497 e. The molecule has 0 radical (unpaired) electrons. The summed E-state index contributed by atoms with van der Waals surface area (Å²) in [6, 6.07) is 12.2. The standard InChI is InChI=1S/C19H15ClN2O3S/c1-11-3-6-13(10-16(11)20)22-18(24)15(17(23)21-19(22)26)9-12-4-7-14(25-2)8-5-12/h3-10H,1-2H3,(H,21,23,26). The Hall–Kier alpha value is -2.70. The molecule has 1 aliphatic heterocycles. The van der Waals surface area contributed by atoms with E-state index in [1.165, 1.54) is 11.0 Å². The van der Waals surface area contributed by atoms with Crippen LogP contribution in [0.5, 0.6) is 5.75 Å². The molecule has 2 amide bonds. The van der Waals surface area contributed by atoms with Crippen LogP contribution in [0.4, 0.5) is 5.69 Å². The van der Waals surface area contributed by atoms with Crippen LogP contribution in [0, 0.1) is 6.92 Å². The van der Waals surface area contributed by atoms with E-state index in [0.29, 0.717) is 22.0 Å². The Morgan fingerprint density at radius 3 is 2.46 bits per heavy atom. The quantitative estimate of drug-likeness (QED) is 0.498. The van der Waals surface area contributed by atoms with Gasteiger partial charge in [-0.1, -0.05) is 29.8 Å². The molecule has 0 spiro atoms. The third-order valence-electron chi connectivity index (χ3n) is 3.94. The molecule has 7 heteroatoms. The molecular formula is C19H15ClN2O3S. The second-order valence-electron chi connectivity index (χ2n) is 5.66. The number of ether oxygens (including phenoxy) is 1. The molecule has 0 saturated carbocycles. The number of aryl methyl sites for hydroxylation is 1. The van der Waals surface area contributed by atoms with Crippen molar-refractivity contribution in [3.05, 3.63) is 64.2 Å². The first kappa shape index (κ1) is 18.1. The van der Waals surface area contributed by atoms with Crippen molar-refractivity contribution in [2.75, 3.05) is 12.0 Å². The maximum Gasteiger partial charge on any atom is 0.270 e. The minimum absolute atomic E-state index is 0.0135. The Balaban J connectivity index is 1.99. The van der Waals surface area contributed by atoms with Crippen molar-refractivity contribution in [3.63, 3.8) is 0 Å². The van der Waals surface area contributed by atoms with Crippen LogP contribution in [0.2, 0.25) is 5.02 Å². The van der Waals surface area contributed by atoms with E-state index in [2.05, 4.69) is 5.32 Å². The monoisotopic (exact) mass is 386 g/mol. The second kappa shape index (κ2) is 7.27. The Morgan fingerprint density at radius 2 is 1.85 bits per heavy atom. The number of anilines is 1. The normalized spacial score (nSPS) is 16.0. The molecule has 2 aromatic rings. The molecule has 0 bridgehead atoms. The van der Waals surface area contributed by atoms with Gasteiger partial charge in [-0.2, -0.15) is 0 Å². The summed E-state index contributed by atoms with van der Waals surface area (Å²) in [4.78, 5) is 26.4. The Bertz CT molecular complexity index is 938. The van der Waals surface area contributed by atoms with Gasteiger partial charge >= 0.3 is 0 Å². The van der Waals surface area contributed by atoms with Crippen molar-refractivity contribution in [2.45, 2.75) is 6.92 Å². The van der Waals surface area contributed by atoms with Crippen LogP contribution in [0.25, 0.3) is 6.08 Å². The van der Waals surface area contributed by atoms with E-state index in [0.717, 1.165) is 5.56 Å². The van der Waals surface area contributed by atoms with Crippen LogP contribution in [0.3, 0.4) is 0 Å². The third-order valence-corrected chi connectivity index (χ3v) is 4.63. The molecule has 0 atom stereocenters. The number of nitrogens with one attached hydrogen (secondary N) is 1. The second-order valence-corrected chi connectivity index (χ2v) is 6.46. The van der Waals surface area contributed by atoms with Crippen LogP contribution >= 0.6 is 23.8 Å². The molecule has 132 valence electrons. The molecule has 1 aliphatic rings. The highest BCUT2D eigenvalue weighted by Gasteiger charge is 2.34. The van der Waals surface area contributed by atoms with Crippen molar-refractivity contribution in [1.29, 1.82) is 0 Å². The summed E-state index contributed by atoms with van der Waals surface area (Å²) in [7, 11) is 1.57. The molecule has 1 fully saturated rings. The van der Waals surface area contributed by atoms with Gasteiger partial charge in [-0.05, 0) is 60.6 Å². The number of halogens is 1. The van der Waals surface area contributed by atoms with Gasteiger partial charge in [0.2, 0.25) is 0 Å². The Kier molecular flexibility index (Phi) is 5.06. The number of methoxy groups -OCH3 is 1. The van der Waals surface area contributed by atoms with E-state index in [1.54, 1.807) is 49.6 Å². The van der Waals surface area contributed by atoms with Gasteiger partial charge < -0.3 is 4.74 Å². The zero-order valence-corrected chi connectivity index (χ0v) is 15.6. The first-order valence-electron chi connectivity index (χ1n) is 7.72. The molecule has 0 aliphatic carbocycles. The Morgan fingerprint density at radius 1 is 1.15 bits per heavy atom. The molecule has 0 unspecified atom stereocenters. The summed E-state index contributed by atoms with van der Waals surface area (Å²) in [5.41, 5.74) is 2.06. The first-order valence-corrected chi connectivity index (χ1v) is 8.51. The molecule has 1 N–H and O–H groups in total. The average Bonchev–Trinajstić information content (AvgIpc) is 2.62. The number of benzene rings is 2. The summed E-state index contributed by atoms with van der Waals surface area (Å²) < 4.78 is 5.11. The van der Waals surface area contributed by atoms with E-state index in [1.807, 2.05) is 6.92 Å². The van der Waals surface area contributed by atoms with E-state index >= 15 is 0 Å². The van der Waals surface area contributed by atoms with Crippen LogP contribution in [0.1, 0.15) is 11.1 Å². The first-order chi connectivity index (χ1) is 12.4. The molecule has 1 heterocycles. The molecular weight excluding hydrogens is 372 g/mol. The highest BCUT2D eigenvalue weighted by atomic mass is 35.5. The van der Waals surface area contributed by atoms with E-state index in [4.69, 9.17) is 28.6 Å². The topological polar surface area (TPSA) is 58.6 Å². The number of amides is 2. The van der Waals surface area contributed by atoms with Gasteiger partial charge in [0.15, 0.2) is 5.11 Å². The van der Waals surface area contributed by atoms with E-state index in [-0.39, 0.29) is 10.7 Å². The number of nitrogens with zero attached hydrogens (tertiary/aromatic N) is 1. The number of carbonyl (C=O) groups excluding carboxylic acids is 2.